The number of nitrogens with zero attached hydrogens (tertiary/aromatic N) is 5. The number of carbonyl (C=O) groups is 1. The van der Waals surface area contributed by atoms with E-state index in [1.165, 1.54) is 6.33 Å². The lowest BCUT2D eigenvalue weighted by molar-refractivity contribution is -0.122. The summed E-state index contributed by atoms with van der Waals surface area (Å²) in [5.74, 6) is 0.327. The van der Waals surface area contributed by atoms with Crippen LogP contribution in [0.1, 0.15) is 32.6 Å². The summed E-state index contributed by atoms with van der Waals surface area (Å²) in [6, 6.07) is 5.64. The van der Waals surface area contributed by atoms with E-state index in [-0.39, 0.29) is 11.9 Å². The average Bonchev–Trinajstić information content (AvgIpc) is 3.43. The number of aromatic nitrogens is 5. The Balaban J connectivity index is 1.30. The van der Waals surface area contributed by atoms with Gasteiger partial charge in [-0.25, -0.2) is 14.6 Å². The molecule has 3 heterocycles. The van der Waals surface area contributed by atoms with Crippen LogP contribution in [0.5, 0.6) is 0 Å². The smallest absolute Gasteiger partial charge is 0.292 e. The summed E-state index contributed by atoms with van der Waals surface area (Å²) in [7, 11) is 0. The number of hydrogen-bond donors (Lipinski definition) is 3. The molecule has 0 aliphatic heterocycles. The van der Waals surface area contributed by atoms with Gasteiger partial charge in [-0.1, -0.05) is 6.92 Å². The summed E-state index contributed by atoms with van der Waals surface area (Å²) in [6.45, 7) is 5.42. The quantitative estimate of drug-likeness (QED) is 0.220. The third kappa shape index (κ3) is 6.26. The summed E-state index contributed by atoms with van der Waals surface area (Å²) in [4.78, 5) is 24.7. The lowest BCUT2D eigenvalue weighted by Crippen LogP contribution is -2.25. The molecule has 1 aromatic carbocycles. The molecule has 0 bridgehead atoms. The number of oxazole rings is 1. The van der Waals surface area contributed by atoms with Crippen LogP contribution < -0.4 is 16.8 Å². The van der Waals surface area contributed by atoms with Crippen molar-refractivity contribution in [1.82, 2.24) is 30.0 Å². The van der Waals surface area contributed by atoms with Crippen molar-refractivity contribution in [1.29, 1.82) is 0 Å². The van der Waals surface area contributed by atoms with E-state index in [0.29, 0.717) is 73.0 Å². The largest absolute Gasteiger partial charge is 0.424 e. The molecule has 0 saturated carbocycles. The Labute approximate surface area is 208 Å². The molecule has 12 nitrogen and oxygen atoms in total. The molecule has 0 saturated heterocycles. The number of nitrogens with one attached hydrogen (secondary N) is 1. The number of hydrogen-bond acceptors (Lipinski definition) is 10. The molecular weight excluding hydrogens is 464 g/mol. The lowest BCUT2D eigenvalue weighted by Gasteiger charge is -2.07. The standard InChI is InChI=1S/C24H32N8O4/c1-2-10-34-12-13-35-11-7-19(33)27-8-3-4-9-32-23-20(22(25)28-15-29-23)21(31-32)16-5-6-18-17(14-16)30-24(26)36-18/h5-6,14-15H,2-4,7-13H2,1H3,(H2,26,30)(H,27,33)(H2,25,28,29). The van der Waals surface area contributed by atoms with Gasteiger partial charge in [-0.05, 0) is 37.5 Å². The van der Waals surface area contributed by atoms with E-state index >= 15 is 0 Å². The zero-order chi connectivity index (χ0) is 25.3. The van der Waals surface area contributed by atoms with Gasteiger partial charge < -0.3 is 30.7 Å². The van der Waals surface area contributed by atoms with Gasteiger partial charge in [0.1, 0.15) is 23.4 Å². The van der Waals surface area contributed by atoms with Crippen LogP contribution in [0.3, 0.4) is 0 Å². The Bertz CT molecular complexity index is 1300. The van der Waals surface area contributed by atoms with Crippen molar-refractivity contribution in [3.8, 4) is 11.3 Å². The maximum atomic E-state index is 12.0. The van der Waals surface area contributed by atoms with Gasteiger partial charge >= 0.3 is 0 Å². The van der Waals surface area contributed by atoms with E-state index in [1.54, 1.807) is 6.07 Å². The molecule has 1 amide bonds. The second-order valence-electron chi connectivity index (χ2n) is 8.30. The number of benzene rings is 1. The van der Waals surface area contributed by atoms with E-state index in [2.05, 4.69) is 27.2 Å². The molecule has 192 valence electrons. The second kappa shape index (κ2) is 12.3. The van der Waals surface area contributed by atoms with Crippen molar-refractivity contribution in [2.75, 3.05) is 44.4 Å². The number of fused-ring (bicyclic) bond motifs is 2. The minimum absolute atomic E-state index is 0.0271. The molecule has 5 N–H and O–H groups in total. The van der Waals surface area contributed by atoms with Gasteiger partial charge in [-0.2, -0.15) is 10.1 Å². The maximum Gasteiger partial charge on any atom is 0.292 e. The number of nitrogen functional groups attached to an aromatic ring is 2. The third-order valence-corrected chi connectivity index (χ3v) is 5.55. The summed E-state index contributed by atoms with van der Waals surface area (Å²) in [5.41, 5.74) is 15.2. The minimum Gasteiger partial charge on any atom is -0.424 e. The van der Waals surface area contributed by atoms with Crippen molar-refractivity contribution in [3.63, 3.8) is 0 Å². The summed E-state index contributed by atoms with van der Waals surface area (Å²) < 4.78 is 17.9. The van der Waals surface area contributed by atoms with Crippen LogP contribution >= 0.6 is 0 Å². The predicted molar refractivity (Wildman–Crippen MR) is 136 cm³/mol. The van der Waals surface area contributed by atoms with E-state index in [9.17, 15) is 4.79 Å². The number of nitrogens with two attached hydrogens (primary N) is 2. The first-order valence-corrected chi connectivity index (χ1v) is 12.1. The van der Waals surface area contributed by atoms with Crippen LogP contribution in [0.2, 0.25) is 0 Å². The fraction of sp³-hybridized carbons (Fsp3) is 0.458. The van der Waals surface area contributed by atoms with Crippen LogP contribution in [-0.4, -0.2) is 63.6 Å². The molecule has 36 heavy (non-hydrogen) atoms. The topological polar surface area (TPSA) is 169 Å². The number of ether oxygens (including phenoxy) is 2. The molecule has 0 aliphatic rings. The molecular formula is C24H32N8O4. The third-order valence-electron chi connectivity index (χ3n) is 5.55. The number of anilines is 2. The Hall–Kier alpha value is -3.77. The number of unbranched alkanes of at least 4 members (excludes halogenated alkanes) is 1. The molecule has 0 unspecified atom stereocenters. The molecule has 0 spiro atoms. The Kier molecular flexibility index (Phi) is 8.63. The van der Waals surface area contributed by atoms with Gasteiger partial charge in [-0.3, -0.25) is 4.79 Å². The Morgan fingerprint density at radius 1 is 1.11 bits per heavy atom. The van der Waals surface area contributed by atoms with E-state index in [4.69, 9.17) is 30.5 Å². The SMILES string of the molecule is CCCOCCOCCC(=O)NCCCCn1nc(-c2ccc3oc(N)nc3c2)c2c(N)ncnc21. The lowest BCUT2D eigenvalue weighted by atomic mass is 10.1. The van der Waals surface area contributed by atoms with E-state index in [0.717, 1.165) is 31.4 Å². The molecule has 12 heteroatoms. The molecule has 0 fully saturated rings. The van der Waals surface area contributed by atoms with Gasteiger partial charge in [0.05, 0.1) is 25.2 Å². The van der Waals surface area contributed by atoms with Crippen LogP contribution in [0.4, 0.5) is 11.8 Å². The van der Waals surface area contributed by atoms with Gasteiger partial charge in [-0.15, -0.1) is 0 Å². The highest BCUT2D eigenvalue weighted by molar-refractivity contribution is 5.99. The van der Waals surface area contributed by atoms with Gasteiger partial charge in [0.15, 0.2) is 11.2 Å². The Morgan fingerprint density at radius 3 is 2.78 bits per heavy atom. The van der Waals surface area contributed by atoms with Gasteiger partial charge in [0.2, 0.25) is 5.91 Å². The van der Waals surface area contributed by atoms with E-state index in [1.807, 2.05) is 16.8 Å². The van der Waals surface area contributed by atoms with Crippen LogP contribution in [-0.2, 0) is 20.8 Å². The van der Waals surface area contributed by atoms with Crippen LogP contribution in [0.15, 0.2) is 28.9 Å². The fourth-order valence-electron chi connectivity index (χ4n) is 3.81. The average molecular weight is 497 g/mol. The summed E-state index contributed by atoms with van der Waals surface area (Å²) in [6.07, 6.45) is 4.33. The number of aryl methyl sites for hydroxylation is 1. The van der Waals surface area contributed by atoms with Crippen molar-refractivity contribution in [2.45, 2.75) is 39.2 Å². The van der Waals surface area contributed by atoms with E-state index < -0.39 is 0 Å². The Morgan fingerprint density at radius 2 is 1.94 bits per heavy atom. The van der Waals surface area contributed by atoms with Crippen LogP contribution in [0.25, 0.3) is 33.4 Å². The number of amides is 1. The van der Waals surface area contributed by atoms with Crippen molar-refractivity contribution in [3.05, 3.63) is 24.5 Å². The highest BCUT2D eigenvalue weighted by Gasteiger charge is 2.18. The highest BCUT2D eigenvalue weighted by Crippen LogP contribution is 2.32. The minimum atomic E-state index is -0.0271. The molecule has 0 radical (unpaired) electrons. The van der Waals surface area contributed by atoms with Gasteiger partial charge in [0, 0.05) is 31.7 Å². The normalized spacial score (nSPS) is 11.5. The summed E-state index contributed by atoms with van der Waals surface area (Å²) >= 11 is 0. The first-order chi connectivity index (χ1) is 17.6. The first kappa shape index (κ1) is 25.3. The molecule has 4 rings (SSSR count). The second-order valence-corrected chi connectivity index (χ2v) is 8.30. The van der Waals surface area contributed by atoms with Crippen LogP contribution in [0, 0.1) is 0 Å². The van der Waals surface area contributed by atoms with Crippen molar-refractivity contribution >= 4 is 39.9 Å². The fourth-order valence-corrected chi connectivity index (χ4v) is 3.81. The van der Waals surface area contributed by atoms with Crippen molar-refractivity contribution < 1.29 is 18.7 Å². The first-order valence-electron chi connectivity index (χ1n) is 12.1. The number of carbonyl (C=O) groups excluding carboxylic acids is 1. The molecule has 3 aromatic heterocycles. The maximum absolute atomic E-state index is 12.0. The van der Waals surface area contributed by atoms with Crippen molar-refractivity contribution in [2.24, 2.45) is 0 Å². The zero-order valence-corrected chi connectivity index (χ0v) is 20.4. The monoisotopic (exact) mass is 496 g/mol. The molecule has 0 atom stereocenters. The highest BCUT2D eigenvalue weighted by atomic mass is 16.5. The zero-order valence-electron chi connectivity index (χ0n) is 20.4. The van der Waals surface area contributed by atoms with Gasteiger partial charge in [0.25, 0.3) is 6.01 Å². The molecule has 4 aromatic rings. The predicted octanol–water partition coefficient (Wildman–Crippen LogP) is 2.53. The summed E-state index contributed by atoms with van der Waals surface area (Å²) in [5, 5.41) is 8.38. The number of rotatable bonds is 14. The molecule has 0 aliphatic carbocycles.